The molecular formula is C14H21FN2O. The topological polar surface area (TPSA) is 38.5 Å². The Morgan fingerprint density at radius 3 is 2.94 bits per heavy atom. The van der Waals surface area contributed by atoms with Crippen LogP contribution in [0.4, 0.5) is 10.1 Å². The fraction of sp³-hybridized carbons (Fsp3) is 0.571. The minimum Gasteiger partial charge on any atom is -0.377 e. The van der Waals surface area contributed by atoms with Gasteiger partial charge in [0.1, 0.15) is 5.82 Å². The van der Waals surface area contributed by atoms with Crippen molar-refractivity contribution in [3.8, 4) is 0 Å². The Hall–Kier alpha value is -1.13. The van der Waals surface area contributed by atoms with Crippen molar-refractivity contribution in [2.24, 2.45) is 5.73 Å². The van der Waals surface area contributed by atoms with Gasteiger partial charge < -0.3 is 15.4 Å². The summed E-state index contributed by atoms with van der Waals surface area (Å²) in [5.41, 5.74) is 7.26. The molecule has 0 saturated carbocycles. The highest BCUT2D eigenvalue weighted by Crippen LogP contribution is 2.26. The van der Waals surface area contributed by atoms with E-state index in [0.29, 0.717) is 18.9 Å². The molecule has 0 aliphatic carbocycles. The van der Waals surface area contributed by atoms with Gasteiger partial charge in [0.15, 0.2) is 0 Å². The fourth-order valence-electron chi connectivity index (χ4n) is 2.35. The lowest BCUT2D eigenvalue weighted by Crippen LogP contribution is -2.45. The molecule has 2 N–H and O–H groups in total. The number of benzene rings is 1. The number of rotatable bonds is 3. The van der Waals surface area contributed by atoms with Crippen LogP contribution in [0.25, 0.3) is 0 Å². The average molecular weight is 252 g/mol. The van der Waals surface area contributed by atoms with Crippen LogP contribution in [0, 0.1) is 5.82 Å². The molecule has 0 radical (unpaired) electrons. The Balaban J connectivity index is 2.26. The molecular weight excluding hydrogens is 231 g/mol. The molecule has 0 bridgehead atoms. The summed E-state index contributed by atoms with van der Waals surface area (Å²) in [5, 5.41) is 0. The first-order valence-corrected chi connectivity index (χ1v) is 6.53. The third kappa shape index (κ3) is 2.65. The van der Waals surface area contributed by atoms with Crippen LogP contribution in [0.5, 0.6) is 0 Å². The van der Waals surface area contributed by atoms with Gasteiger partial charge in [0.25, 0.3) is 0 Å². The van der Waals surface area contributed by atoms with Gasteiger partial charge in [-0.2, -0.15) is 0 Å². The Kier molecular flexibility index (Phi) is 4.19. The van der Waals surface area contributed by atoms with Crippen LogP contribution < -0.4 is 10.6 Å². The van der Waals surface area contributed by atoms with Gasteiger partial charge in [0.2, 0.25) is 0 Å². The van der Waals surface area contributed by atoms with E-state index in [1.54, 1.807) is 6.07 Å². The number of morpholine rings is 1. The normalized spacial score (nSPS) is 22.0. The molecule has 1 aliphatic rings. The second kappa shape index (κ2) is 5.67. The molecule has 1 fully saturated rings. The van der Waals surface area contributed by atoms with E-state index in [1.165, 1.54) is 0 Å². The molecule has 3 nitrogen and oxygen atoms in total. The summed E-state index contributed by atoms with van der Waals surface area (Å²) in [6.07, 6.45) is 0.953. The molecule has 1 heterocycles. The lowest BCUT2D eigenvalue weighted by molar-refractivity contribution is 0.0926. The fourth-order valence-corrected chi connectivity index (χ4v) is 2.35. The van der Waals surface area contributed by atoms with Crippen LogP contribution in [-0.4, -0.2) is 25.8 Å². The van der Waals surface area contributed by atoms with Crippen molar-refractivity contribution in [3.05, 3.63) is 29.6 Å². The molecule has 1 aliphatic heterocycles. The van der Waals surface area contributed by atoms with Gasteiger partial charge in [0, 0.05) is 12.6 Å². The van der Waals surface area contributed by atoms with Crippen LogP contribution in [0.15, 0.2) is 18.2 Å². The minimum atomic E-state index is -0.190. The summed E-state index contributed by atoms with van der Waals surface area (Å²) in [7, 11) is 0. The van der Waals surface area contributed by atoms with E-state index in [-0.39, 0.29) is 17.9 Å². The van der Waals surface area contributed by atoms with E-state index < -0.39 is 0 Å². The molecule has 2 rings (SSSR count). The Morgan fingerprint density at radius 2 is 2.33 bits per heavy atom. The molecule has 4 heteroatoms. The first-order chi connectivity index (χ1) is 8.63. The third-order valence-electron chi connectivity index (χ3n) is 3.51. The van der Waals surface area contributed by atoms with E-state index in [4.69, 9.17) is 10.5 Å². The molecule has 1 unspecified atom stereocenters. The largest absolute Gasteiger partial charge is 0.377 e. The zero-order valence-electron chi connectivity index (χ0n) is 11.0. The van der Waals surface area contributed by atoms with Crippen LogP contribution in [0.1, 0.15) is 31.9 Å². The second-order valence-corrected chi connectivity index (χ2v) is 4.83. The number of hydrogen-bond acceptors (Lipinski definition) is 3. The van der Waals surface area contributed by atoms with Crippen molar-refractivity contribution in [1.29, 1.82) is 0 Å². The maximum Gasteiger partial charge on any atom is 0.146 e. The Morgan fingerprint density at radius 1 is 1.56 bits per heavy atom. The van der Waals surface area contributed by atoms with Gasteiger partial charge in [-0.05, 0) is 31.0 Å². The number of ether oxygens (including phenoxy) is 1. The quantitative estimate of drug-likeness (QED) is 0.898. The van der Waals surface area contributed by atoms with Crippen LogP contribution >= 0.6 is 0 Å². The zero-order chi connectivity index (χ0) is 13.1. The van der Waals surface area contributed by atoms with Crippen molar-refractivity contribution in [3.63, 3.8) is 0 Å². The van der Waals surface area contributed by atoms with Gasteiger partial charge in [-0.1, -0.05) is 13.0 Å². The number of nitrogens with zero attached hydrogens (tertiary/aromatic N) is 1. The second-order valence-electron chi connectivity index (χ2n) is 4.83. The van der Waals surface area contributed by atoms with Crippen molar-refractivity contribution < 1.29 is 9.13 Å². The van der Waals surface area contributed by atoms with Crippen LogP contribution in [-0.2, 0) is 4.74 Å². The van der Waals surface area contributed by atoms with Gasteiger partial charge in [-0.15, -0.1) is 0 Å². The monoisotopic (exact) mass is 252 g/mol. The molecule has 1 saturated heterocycles. The summed E-state index contributed by atoms with van der Waals surface area (Å²) >= 11 is 0. The lowest BCUT2D eigenvalue weighted by Gasteiger charge is -2.37. The molecule has 0 aromatic heterocycles. The summed E-state index contributed by atoms with van der Waals surface area (Å²) < 4.78 is 19.6. The van der Waals surface area contributed by atoms with Gasteiger partial charge >= 0.3 is 0 Å². The minimum absolute atomic E-state index is 0.139. The standard InChI is InChI=1S/C14H21FN2O/c1-3-12-9-18-7-6-17(12)14-5-4-11(10(2)16)8-13(14)15/h4-5,8,10,12H,3,6-7,9,16H2,1-2H3/t10-,12?/m0/s1. The van der Waals surface area contributed by atoms with Gasteiger partial charge in [-0.25, -0.2) is 4.39 Å². The molecule has 2 atom stereocenters. The maximum absolute atomic E-state index is 14.2. The Bertz CT molecular complexity index is 409. The Labute approximate surface area is 108 Å². The molecule has 1 aromatic carbocycles. The predicted molar refractivity (Wildman–Crippen MR) is 71.2 cm³/mol. The van der Waals surface area contributed by atoms with Crippen molar-refractivity contribution in [2.75, 3.05) is 24.7 Å². The number of halogens is 1. The summed E-state index contributed by atoms with van der Waals surface area (Å²) in [6.45, 7) is 6.03. The van der Waals surface area contributed by atoms with E-state index in [1.807, 2.05) is 19.1 Å². The first kappa shape index (κ1) is 13.3. The summed E-state index contributed by atoms with van der Waals surface area (Å²) in [4.78, 5) is 2.10. The molecule has 18 heavy (non-hydrogen) atoms. The maximum atomic E-state index is 14.2. The van der Waals surface area contributed by atoms with E-state index >= 15 is 0 Å². The van der Waals surface area contributed by atoms with Gasteiger partial charge in [0.05, 0.1) is 24.9 Å². The third-order valence-corrected chi connectivity index (χ3v) is 3.51. The van der Waals surface area contributed by atoms with Crippen molar-refractivity contribution in [1.82, 2.24) is 0 Å². The van der Waals surface area contributed by atoms with Gasteiger partial charge in [-0.3, -0.25) is 0 Å². The smallest absolute Gasteiger partial charge is 0.146 e. The number of hydrogen-bond donors (Lipinski definition) is 1. The SMILES string of the molecule is CCC1COCCN1c1ccc([C@H](C)N)cc1F. The summed E-state index contributed by atoms with van der Waals surface area (Å²) in [5.74, 6) is -0.190. The van der Waals surface area contributed by atoms with Crippen LogP contribution in [0.2, 0.25) is 0 Å². The average Bonchev–Trinajstić information content (AvgIpc) is 2.38. The van der Waals surface area contributed by atoms with E-state index in [9.17, 15) is 4.39 Å². The molecule has 0 spiro atoms. The first-order valence-electron chi connectivity index (χ1n) is 6.53. The van der Waals surface area contributed by atoms with E-state index in [0.717, 1.165) is 18.5 Å². The highest BCUT2D eigenvalue weighted by Gasteiger charge is 2.24. The van der Waals surface area contributed by atoms with Crippen molar-refractivity contribution >= 4 is 5.69 Å². The van der Waals surface area contributed by atoms with Crippen LogP contribution in [0.3, 0.4) is 0 Å². The van der Waals surface area contributed by atoms with E-state index in [2.05, 4.69) is 11.8 Å². The highest BCUT2D eigenvalue weighted by molar-refractivity contribution is 5.51. The highest BCUT2D eigenvalue weighted by atomic mass is 19.1. The molecule has 1 aromatic rings. The predicted octanol–water partition coefficient (Wildman–Crippen LogP) is 2.46. The number of nitrogens with two attached hydrogens (primary N) is 1. The number of anilines is 1. The summed E-state index contributed by atoms with van der Waals surface area (Å²) in [6, 6.07) is 5.41. The zero-order valence-corrected chi connectivity index (χ0v) is 11.0. The van der Waals surface area contributed by atoms with Crippen molar-refractivity contribution in [2.45, 2.75) is 32.4 Å². The lowest BCUT2D eigenvalue weighted by atomic mass is 10.1. The molecule has 0 amide bonds. The molecule has 100 valence electrons.